The van der Waals surface area contributed by atoms with Crippen molar-refractivity contribution in [3.8, 4) is 16.9 Å². The van der Waals surface area contributed by atoms with Crippen molar-refractivity contribution in [1.82, 2.24) is 0 Å². The zero-order valence-corrected chi connectivity index (χ0v) is 20.0. The third kappa shape index (κ3) is 5.42. The van der Waals surface area contributed by atoms with E-state index in [9.17, 15) is 8.78 Å². The van der Waals surface area contributed by atoms with E-state index in [0.29, 0.717) is 17.0 Å². The van der Waals surface area contributed by atoms with Crippen LogP contribution in [0.2, 0.25) is 0 Å². The van der Waals surface area contributed by atoms with E-state index in [1.807, 2.05) is 0 Å². The van der Waals surface area contributed by atoms with E-state index < -0.39 is 11.6 Å². The molecule has 2 aliphatic rings. The molecule has 0 N–H and O–H groups in total. The fourth-order valence-corrected chi connectivity index (χ4v) is 6.07. The van der Waals surface area contributed by atoms with E-state index in [-0.39, 0.29) is 29.7 Å². The quantitative estimate of drug-likeness (QED) is 0.351. The van der Waals surface area contributed by atoms with Gasteiger partial charge in [0.25, 0.3) is 0 Å². The van der Waals surface area contributed by atoms with E-state index in [1.165, 1.54) is 56.4 Å². The molecule has 2 fully saturated rings. The predicted molar refractivity (Wildman–Crippen MR) is 132 cm³/mol. The molecule has 4 rings (SSSR count). The molecule has 2 saturated carbocycles. The summed E-state index contributed by atoms with van der Waals surface area (Å²) in [6.07, 6.45) is 15.3. The first kappa shape index (κ1) is 24.6. The summed E-state index contributed by atoms with van der Waals surface area (Å²) in [6.45, 7) is 5.66. The molecule has 0 aliphatic heterocycles. The molecule has 0 saturated heterocycles. The average Bonchev–Trinajstić information content (AvgIpc) is 2.85. The van der Waals surface area contributed by atoms with Crippen LogP contribution < -0.4 is 4.74 Å². The Morgan fingerprint density at radius 1 is 0.971 bits per heavy atom. The van der Waals surface area contributed by atoms with Gasteiger partial charge in [0.2, 0.25) is 5.82 Å². The van der Waals surface area contributed by atoms with Crippen molar-refractivity contribution in [2.45, 2.75) is 64.2 Å². The lowest BCUT2D eigenvalue weighted by molar-refractivity contribution is 0.114. The molecule has 182 valence electrons. The zero-order chi connectivity index (χ0) is 24.1. The van der Waals surface area contributed by atoms with E-state index in [2.05, 4.69) is 25.7 Å². The SMILES string of the molecule is C=CCOc1ccc(-c2ccc(C3CCC4CC(CC/C=C/C)CCC4C3)c(F)c2)c(F)c1F. The molecule has 0 radical (unpaired) electrons. The molecule has 4 heteroatoms. The molecule has 4 unspecified atom stereocenters. The van der Waals surface area contributed by atoms with Gasteiger partial charge in [-0.2, -0.15) is 4.39 Å². The second-order valence-corrected chi connectivity index (χ2v) is 9.93. The van der Waals surface area contributed by atoms with Crippen LogP contribution in [-0.4, -0.2) is 6.61 Å². The largest absolute Gasteiger partial charge is 0.486 e. The maximum Gasteiger partial charge on any atom is 0.201 e. The molecule has 1 nitrogen and oxygen atoms in total. The molecule has 0 amide bonds. The van der Waals surface area contributed by atoms with Crippen molar-refractivity contribution < 1.29 is 17.9 Å². The first-order chi connectivity index (χ1) is 16.5. The summed E-state index contributed by atoms with van der Waals surface area (Å²) in [4.78, 5) is 0. The summed E-state index contributed by atoms with van der Waals surface area (Å²) < 4.78 is 49.4. The van der Waals surface area contributed by atoms with Gasteiger partial charge in [0, 0.05) is 5.56 Å². The average molecular weight is 469 g/mol. The summed E-state index contributed by atoms with van der Waals surface area (Å²) in [7, 11) is 0. The van der Waals surface area contributed by atoms with Crippen LogP contribution in [0.4, 0.5) is 13.2 Å². The Kier molecular flexibility index (Phi) is 8.18. The summed E-state index contributed by atoms with van der Waals surface area (Å²) in [6, 6.07) is 7.65. The Morgan fingerprint density at radius 2 is 1.76 bits per heavy atom. The molecule has 0 heterocycles. The number of rotatable bonds is 8. The summed E-state index contributed by atoms with van der Waals surface area (Å²) in [5.74, 6) is -0.129. The minimum Gasteiger partial charge on any atom is -0.486 e. The normalized spacial score (nSPS) is 24.7. The van der Waals surface area contributed by atoms with Gasteiger partial charge in [0.05, 0.1) is 0 Å². The Labute approximate surface area is 201 Å². The van der Waals surface area contributed by atoms with Gasteiger partial charge in [-0.25, -0.2) is 8.78 Å². The van der Waals surface area contributed by atoms with Crippen molar-refractivity contribution in [3.05, 3.63) is 78.2 Å². The molecule has 0 bridgehead atoms. The highest BCUT2D eigenvalue weighted by Gasteiger charge is 2.36. The maximum atomic E-state index is 15.2. The van der Waals surface area contributed by atoms with E-state index in [4.69, 9.17) is 4.74 Å². The predicted octanol–water partition coefficient (Wildman–Crippen LogP) is 8.99. The van der Waals surface area contributed by atoms with Crippen LogP contribution in [-0.2, 0) is 0 Å². The van der Waals surface area contributed by atoms with Crippen LogP contribution in [0.1, 0.15) is 69.8 Å². The van der Waals surface area contributed by atoms with Crippen LogP contribution >= 0.6 is 0 Å². The van der Waals surface area contributed by atoms with Gasteiger partial charge in [-0.1, -0.05) is 43.4 Å². The smallest absolute Gasteiger partial charge is 0.201 e. The molecular formula is C30H35F3O. The zero-order valence-electron chi connectivity index (χ0n) is 20.0. The standard InChI is InChI=1S/C30H35F3O/c1-3-5-6-7-20-8-9-22-18-23(11-10-21(22)17-20)25-13-12-24(19-27(25)31)26-14-15-28(34-16-4-2)30(33)29(26)32/h3-5,12-15,19-23H,2,6-11,16-18H2,1H3/b5-3+. The minimum atomic E-state index is -1.07. The van der Waals surface area contributed by atoms with Gasteiger partial charge < -0.3 is 4.74 Å². The van der Waals surface area contributed by atoms with E-state index in [1.54, 1.807) is 12.1 Å². The molecule has 2 aromatic carbocycles. The second kappa shape index (κ2) is 11.3. The van der Waals surface area contributed by atoms with E-state index >= 15 is 4.39 Å². The van der Waals surface area contributed by atoms with Crippen LogP contribution in [0, 0.1) is 35.2 Å². The highest BCUT2D eigenvalue weighted by atomic mass is 19.2. The third-order valence-electron chi connectivity index (χ3n) is 7.85. The van der Waals surface area contributed by atoms with Crippen molar-refractivity contribution in [2.24, 2.45) is 17.8 Å². The number of benzene rings is 2. The number of fused-ring (bicyclic) bond motifs is 1. The first-order valence-electron chi connectivity index (χ1n) is 12.6. The summed E-state index contributed by atoms with van der Waals surface area (Å²) in [5.41, 5.74) is 1.08. The molecule has 2 aliphatic carbocycles. The first-order valence-corrected chi connectivity index (χ1v) is 12.6. The number of ether oxygens (including phenoxy) is 1. The Morgan fingerprint density at radius 3 is 2.53 bits per heavy atom. The van der Waals surface area contributed by atoms with Crippen LogP contribution in [0.25, 0.3) is 11.1 Å². The second-order valence-electron chi connectivity index (χ2n) is 9.93. The van der Waals surface area contributed by atoms with Gasteiger partial charge in [0.1, 0.15) is 12.4 Å². The van der Waals surface area contributed by atoms with Gasteiger partial charge in [-0.3, -0.25) is 0 Å². The Bertz CT molecular complexity index is 1030. The molecule has 2 aromatic rings. The Balaban J connectivity index is 1.44. The fourth-order valence-electron chi connectivity index (χ4n) is 6.07. The topological polar surface area (TPSA) is 9.23 Å². The van der Waals surface area contributed by atoms with Crippen LogP contribution in [0.15, 0.2) is 55.1 Å². The number of allylic oxidation sites excluding steroid dienone is 2. The van der Waals surface area contributed by atoms with Gasteiger partial charge in [-0.05, 0) is 105 Å². The lowest BCUT2D eigenvalue weighted by Gasteiger charge is -2.42. The maximum absolute atomic E-state index is 15.2. The van der Waals surface area contributed by atoms with Gasteiger partial charge in [-0.15, -0.1) is 0 Å². The molecular weight excluding hydrogens is 433 g/mol. The van der Waals surface area contributed by atoms with Crippen molar-refractivity contribution in [1.29, 1.82) is 0 Å². The van der Waals surface area contributed by atoms with Crippen molar-refractivity contribution in [2.75, 3.05) is 6.61 Å². The highest BCUT2D eigenvalue weighted by Crippen LogP contribution is 2.49. The Hall–Kier alpha value is -2.49. The van der Waals surface area contributed by atoms with Crippen molar-refractivity contribution in [3.63, 3.8) is 0 Å². The van der Waals surface area contributed by atoms with E-state index in [0.717, 1.165) is 31.1 Å². The fraction of sp³-hybridized carbons (Fsp3) is 0.467. The number of hydrogen-bond donors (Lipinski definition) is 0. The summed E-state index contributed by atoms with van der Waals surface area (Å²) >= 11 is 0. The lowest BCUT2D eigenvalue weighted by atomic mass is 9.63. The monoisotopic (exact) mass is 468 g/mol. The highest BCUT2D eigenvalue weighted by molar-refractivity contribution is 5.66. The van der Waals surface area contributed by atoms with Crippen LogP contribution in [0.5, 0.6) is 5.75 Å². The van der Waals surface area contributed by atoms with Gasteiger partial charge >= 0.3 is 0 Å². The number of halogens is 3. The van der Waals surface area contributed by atoms with Crippen LogP contribution in [0.3, 0.4) is 0 Å². The molecule has 0 spiro atoms. The lowest BCUT2D eigenvalue weighted by Crippen LogP contribution is -2.30. The minimum absolute atomic E-state index is 0.0360. The summed E-state index contributed by atoms with van der Waals surface area (Å²) in [5, 5.41) is 0. The molecule has 0 aromatic heterocycles. The molecule has 4 atom stereocenters. The molecule has 34 heavy (non-hydrogen) atoms. The number of hydrogen-bond acceptors (Lipinski definition) is 1. The van der Waals surface area contributed by atoms with Gasteiger partial charge in [0.15, 0.2) is 11.6 Å². The third-order valence-corrected chi connectivity index (χ3v) is 7.85. The van der Waals surface area contributed by atoms with Crippen molar-refractivity contribution >= 4 is 0 Å².